The highest BCUT2D eigenvalue weighted by Crippen LogP contribution is 2.20. The minimum absolute atomic E-state index is 0.729. The fourth-order valence-corrected chi connectivity index (χ4v) is 2.43. The van der Waals surface area contributed by atoms with E-state index in [4.69, 9.17) is 0 Å². The summed E-state index contributed by atoms with van der Waals surface area (Å²) in [7, 11) is 1.87. The first-order valence-corrected chi connectivity index (χ1v) is 7.00. The van der Waals surface area contributed by atoms with E-state index in [1.54, 1.807) is 0 Å². The highest BCUT2D eigenvalue weighted by Gasteiger charge is 2.06. The summed E-state index contributed by atoms with van der Waals surface area (Å²) in [5, 5.41) is 3.07. The van der Waals surface area contributed by atoms with Gasteiger partial charge >= 0.3 is 0 Å². The summed E-state index contributed by atoms with van der Waals surface area (Å²) in [6, 6.07) is 8.12. The molecule has 1 aromatic heterocycles. The van der Waals surface area contributed by atoms with Crippen LogP contribution in [0.1, 0.15) is 11.4 Å². The van der Waals surface area contributed by atoms with E-state index in [1.807, 2.05) is 31.4 Å². The number of nitrogens with zero attached hydrogens (tertiary/aromatic N) is 2. The monoisotopic (exact) mass is 403 g/mol. The van der Waals surface area contributed by atoms with Crippen molar-refractivity contribution >= 4 is 44.3 Å². The zero-order chi connectivity index (χ0) is 12.3. The van der Waals surface area contributed by atoms with E-state index in [9.17, 15) is 0 Å². The van der Waals surface area contributed by atoms with Crippen molar-refractivity contribution in [1.29, 1.82) is 0 Å². The smallest absolute Gasteiger partial charge is 0.142 e. The van der Waals surface area contributed by atoms with Gasteiger partial charge in [0.2, 0.25) is 0 Å². The largest absolute Gasteiger partial charge is 0.372 e. The van der Waals surface area contributed by atoms with Crippen LogP contribution in [0.4, 0.5) is 5.82 Å². The highest BCUT2D eigenvalue weighted by atomic mass is 127. The molecule has 3 nitrogen and oxygen atoms in total. The van der Waals surface area contributed by atoms with Gasteiger partial charge in [0.1, 0.15) is 11.6 Å². The second-order valence-corrected chi connectivity index (χ2v) is 5.52. The van der Waals surface area contributed by atoms with Crippen molar-refractivity contribution in [2.24, 2.45) is 0 Å². The van der Waals surface area contributed by atoms with E-state index in [2.05, 4.69) is 59.9 Å². The first-order chi connectivity index (χ1) is 8.20. The van der Waals surface area contributed by atoms with E-state index in [-0.39, 0.29) is 0 Å². The Bertz CT molecular complexity index is 531. The number of anilines is 1. The van der Waals surface area contributed by atoms with Crippen molar-refractivity contribution in [3.05, 3.63) is 49.9 Å². The molecule has 0 aliphatic heterocycles. The molecule has 0 unspecified atom stereocenters. The molecule has 0 saturated carbocycles. The summed E-state index contributed by atoms with van der Waals surface area (Å²) < 4.78 is 2.12. The molecule has 0 radical (unpaired) electrons. The first kappa shape index (κ1) is 12.8. The topological polar surface area (TPSA) is 37.8 Å². The summed E-state index contributed by atoms with van der Waals surface area (Å²) in [6.07, 6.45) is 2.57. The Balaban J connectivity index is 2.28. The van der Waals surface area contributed by atoms with Gasteiger partial charge in [0.15, 0.2) is 0 Å². The molecule has 0 amide bonds. The van der Waals surface area contributed by atoms with E-state index in [0.29, 0.717) is 0 Å². The number of hydrogen-bond donors (Lipinski definition) is 1. The van der Waals surface area contributed by atoms with Gasteiger partial charge in [-0.15, -0.1) is 0 Å². The Hall–Kier alpha value is -0.690. The zero-order valence-corrected chi connectivity index (χ0v) is 13.0. The lowest BCUT2D eigenvalue weighted by molar-refractivity contribution is 0.959. The van der Waals surface area contributed by atoms with Crippen LogP contribution in [-0.2, 0) is 6.42 Å². The molecule has 0 fully saturated rings. The lowest BCUT2D eigenvalue weighted by atomic mass is 10.1. The van der Waals surface area contributed by atoms with Crippen molar-refractivity contribution in [2.75, 3.05) is 12.4 Å². The zero-order valence-electron chi connectivity index (χ0n) is 9.24. The molecule has 0 aliphatic rings. The molecule has 0 spiro atoms. The van der Waals surface area contributed by atoms with Crippen LogP contribution in [0.2, 0.25) is 0 Å². The number of halogens is 2. The van der Waals surface area contributed by atoms with Gasteiger partial charge in [-0.2, -0.15) is 0 Å². The average Bonchev–Trinajstić information content (AvgIpc) is 2.34. The molecular formula is C12H11BrIN3. The summed E-state index contributed by atoms with van der Waals surface area (Å²) in [6.45, 7) is 0. The van der Waals surface area contributed by atoms with Crippen LogP contribution >= 0.6 is 38.5 Å². The Labute approximate surface area is 122 Å². The van der Waals surface area contributed by atoms with Crippen LogP contribution in [0.3, 0.4) is 0 Å². The molecule has 1 N–H and O–H groups in total. The maximum absolute atomic E-state index is 4.48. The third-order valence-corrected chi connectivity index (χ3v) is 3.90. The van der Waals surface area contributed by atoms with Crippen molar-refractivity contribution in [3.63, 3.8) is 0 Å². The van der Waals surface area contributed by atoms with E-state index in [1.165, 1.54) is 5.56 Å². The highest BCUT2D eigenvalue weighted by molar-refractivity contribution is 14.1. The number of nitrogens with one attached hydrogen (secondary N) is 1. The van der Waals surface area contributed by atoms with Crippen LogP contribution < -0.4 is 5.32 Å². The van der Waals surface area contributed by atoms with Gasteiger partial charge in [-0.25, -0.2) is 9.97 Å². The Kier molecular flexibility index (Phi) is 4.33. The maximum atomic E-state index is 4.48. The fraction of sp³-hybridized carbons (Fsp3) is 0.167. The van der Waals surface area contributed by atoms with Crippen molar-refractivity contribution in [2.45, 2.75) is 6.42 Å². The Morgan fingerprint density at radius 1 is 1.35 bits per heavy atom. The molecule has 0 atom stereocenters. The predicted molar refractivity (Wildman–Crippen MR) is 81.2 cm³/mol. The lowest BCUT2D eigenvalue weighted by Gasteiger charge is -2.06. The first-order valence-electron chi connectivity index (χ1n) is 5.13. The molecule has 1 heterocycles. The number of benzene rings is 1. The fourth-order valence-electron chi connectivity index (χ4n) is 1.48. The Morgan fingerprint density at radius 3 is 2.82 bits per heavy atom. The average molecular weight is 404 g/mol. The van der Waals surface area contributed by atoms with Crippen LogP contribution in [-0.4, -0.2) is 17.0 Å². The summed E-state index contributed by atoms with van der Waals surface area (Å²) in [5.41, 5.74) is 1.19. The third-order valence-electron chi connectivity index (χ3n) is 2.34. The van der Waals surface area contributed by atoms with Crippen LogP contribution in [0.25, 0.3) is 0 Å². The van der Waals surface area contributed by atoms with Gasteiger partial charge in [0, 0.05) is 24.1 Å². The minimum atomic E-state index is 0.729. The summed E-state index contributed by atoms with van der Waals surface area (Å²) in [5.74, 6) is 1.70. The molecular weight excluding hydrogens is 393 g/mol. The minimum Gasteiger partial charge on any atom is -0.372 e. The standard InChI is InChI=1S/C12H11BrIN3/c1-15-12-10(14)7-16-11(17-12)6-8-4-2-3-5-9(8)13/h2-5,7H,6H2,1H3,(H,15,16,17). The molecule has 2 rings (SSSR count). The molecule has 0 bridgehead atoms. The maximum Gasteiger partial charge on any atom is 0.142 e. The van der Waals surface area contributed by atoms with Gasteiger partial charge in [0.25, 0.3) is 0 Å². The SMILES string of the molecule is CNc1nc(Cc2ccccc2Br)ncc1I. The normalized spacial score (nSPS) is 10.3. The van der Waals surface area contributed by atoms with Gasteiger partial charge in [0.05, 0.1) is 3.57 Å². The molecule has 1 aromatic carbocycles. The van der Waals surface area contributed by atoms with Gasteiger partial charge < -0.3 is 5.32 Å². The van der Waals surface area contributed by atoms with Gasteiger partial charge in [-0.3, -0.25) is 0 Å². The van der Waals surface area contributed by atoms with Gasteiger partial charge in [-0.1, -0.05) is 34.1 Å². The molecule has 0 saturated heterocycles. The molecule has 0 aliphatic carbocycles. The summed E-state index contributed by atoms with van der Waals surface area (Å²) >= 11 is 5.75. The van der Waals surface area contributed by atoms with Crippen LogP contribution in [0.5, 0.6) is 0 Å². The second-order valence-electron chi connectivity index (χ2n) is 3.50. The van der Waals surface area contributed by atoms with Crippen molar-refractivity contribution in [1.82, 2.24) is 9.97 Å². The van der Waals surface area contributed by atoms with Crippen LogP contribution in [0, 0.1) is 3.57 Å². The lowest BCUT2D eigenvalue weighted by Crippen LogP contribution is -2.03. The van der Waals surface area contributed by atoms with E-state index in [0.717, 1.165) is 26.1 Å². The quantitative estimate of drug-likeness (QED) is 0.797. The summed E-state index contributed by atoms with van der Waals surface area (Å²) in [4.78, 5) is 8.82. The van der Waals surface area contributed by atoms with Crippen molar-refractivity contribution in [3.8, 4) is 0 Å². The number of aromatic nitrogens is 2. The van der Waals surface area contributed by atoms with E-state index < -0.39 is 0 Å². The van der Waals surface area contributed by atoms with Crippen LogP contribution in [0.15, 0.2) is 34.9 Å². The second kappa shape index (κ2) is 5.77. The molecule has 2 aromatic rings. The predicted octanol–water partition coefficient (Wildman–Crippen LogP) is 3.48. The third kappa shape index (κ3) is 3.16. The number of hydrogen-bond acceptors (Lipinski definition) is 3. The molecule has 88 valence electrons. The molecule has 17 heavy (non-hydrogen) atoms. The molecule has 5 heteroatoms. The Morgan fingerprint density at radius 2 is 2.12 bits per heavy atom. The van der Waals surface area contributed by atoms with Gasteiger partial charge in [-0.05, 0) is 34.2 Å². The number of rotatable bonds is 3. The van der Waals surface area contributed by atoms with E-state index >= 15 is 0 Å². The van der Waals surface area contributed by atoms with Crippen molar-refractivity contribution < 1.29 is 0 Å².